The number of rotatable bonds is 3. The van der Waals surface area contributed by atoms with Crippen LogP contribution in [0.1, 0.15) is 22.5 Å². The lowest BCUT2D eigenvalue weighted by atomic mass is 10.0. The molecular weight excluding hydrogens is 396 g/mol. The fraction of sp³-hybridized carbons (Fsp3) is 0.312. The summed E-state index contributed by atoms with van der Waals surface area (Å²) in [5.41, 5.74) is 3.29. The first-order chi connectivity index (χ1) is 11.0. The summed E-state index contributed by atoms with van der Waals surface area (Å²) < 4.78 is 8.67. The van der Waals surface area contributed by atoms with Gasteiger partial charge in [0.15, 0.2) is 0 Å². The minimum atomic E-state index is -0.128. The van der Waals surface area contributed by atoms with Crippen LogP contribution in [-0.4, -0.2) is 31.5 Å². The first kappa shape index (κ1) is 16.8. The molecule has 0 unspecified atom stereocenters. The SMILES string of the molecule is CNC(=O)c1c(C2=CCSCC2)oc2cc(N(C)S)c(Br)cc12. The third kappa shape index (κ3) is 3.14. The number of hydrogen-bond acceptors (Lipinski definition) is 5. The zero-order valence-corrected chi connectivity index (χ0v) is 16.1. The molecule has 3 rings (SSSR count). The van der Waals surface area contributed by atoms with Crippen molar-refractivity contribution in [3.8, 4) is 0 Å². The number of nitrogens with zero attached hydrogens (tertiary/aromatic N) is 1. The fourth-order valence-electron chi connectivity index (χ4n) is 2.66. The molecule has 0 aliphatic carbocycles. The Balaban J connectivity index is 2.26. The average Bonchev–Trinajstić information content (AvgIpc) is 2.92. The first-order valence-electron chi connectivity index (χ1n) is 7.20. The number of nitrogens with one attached hydrogen (secondary N) is 1. The minimum Gasteiger partial charge on any atom is -0.455 e. The van der Waals surface area contributed by atoms with Crippen LogP contribution in [0.15, 0.2) is 27.1 Å². The number of thioether (sulfide) groups is 1. The van der Waals surface area contributed by atoms with Crippen molar-refractivity contribution in [1.82, 2.24) is 5.32 Å². The van der Waals surface area contributed by atoms with Gasteiger partial charge in [-0.2, -0.15) is 11.8 Å². The van der Waals surface area contributed by atoms with E-state index in [4.69, 9.17) is 4.42 Å². The monoisotopic (exact) mass is 412 g/mol. The Morgan fingerprint density at radius 2 is 2.26 bits per heavy atom. The molecule has 1 aliphatic rings. The van der Waals surface area contributed by atoms with Gasteiger partial charge in [0.1, 0.15) is 11.3 Å². The van der Waals surface area contributed by atoms with E-state index in [1.54, 1.807) is 11.4 Å². The van der Waals surface area contributed by atoms with Crippen LogP contribution in [0, 0.1) is 0 Å². The van der Waals surface area contributed by atoms with E-state index < -0.39 is 0 Å². The maximum Gasteiger partial charge on any atom is 0.255 e. The van der Waals surface area contributed by atoms with E-state index in [2.05, 4.69) is 40.1 Å². The van der Waals surface area contributed by atoms with Gasteiger partial charge in [-0.1, -0.05) is 18.9 Å². The Labute approximate surface area is 153 Å². The normalized spacial score (nSPS) is 14.7. The second-order valence-corrected chi connectivity index (χ2v) is 7.87. The number of thiol groups is 1. The van der Waals surface area contributed by atoms with E-state index in [0.717, 1.165) is 39.0 Å². The van der Waals surface area contributed by atoms with Gasteiger partial charge in [-0.05, 0) is 39.7 Å². The number of carbonyl (C=O) groups excluding carboxylic acids is 1. The zero-order valence-electron chi connectivity index (χ0n) is 12.9. The first-order valence-corrected chi connectivity index (χ1v) is 9.55. The molecule has 0 saturated carbocycles. The molecule has 0 saturated heterocycles. The molecule has 1 aromatic heterocycles. The second kappa shape index (κ2) is 6.83. The van der Waals surface area contributed by atoms with Crippen molar-refractivity contribution in [3.63, 3.8) is 0 Å². The van der Waals surface area contributed by atoms with E-state index in [0.29, 0.717) is 16.9 Å². The van der Waals surface area contributed by atoms with Gasteiger partial charge >= 0.3 is 0 Å². The smallest absolute Gasteiger partial charge is 0.255 e. The minimum absolute atomic E-state index is 0.128. The molecule has 2 aromatic rings. The Bertz CT molecular complexity index is 799. The summed E-state index contributed by atoms with van der Waals surface area (Å²) in [4.78, 5) is 12.4. The molecule has 1 N–H and O–H groups in total. The molecular formula is C16H17BrN2O2S2. The average molecular weight is 413 g/mol. The van der Waals surface area contributed by atoms with Crippen LogP contribution in [0.5, 0.6) is 0 Å². The van der Waals surface area contributed by atoms with E-state index in [9.17, 15) is 4.79 Å². The third-order valence-corrected chi connectivity index (χ3v) is 5.56. The van der Waals surface area contributed by atoms with Gasteiger partial charge in [0.2, 0.25) is 0 Å². The van der Waals surface area contributed by atoms with Crippen LogP contribution in [0.4, 0.5) is 5.69 Å². The molecule has 2 heterocycles. The molecule has 7 heteroatoms. The lowest BCUT2D eigenvalue weighted by Crippen LogP contribution is -2.19. The zero-order chi connectivity index (χ0) is 16.6. The number of hydrogen-bond donors (Lipinski definition) is 2. The highest BCUT2D eigenvalue weighted by molar-refractivity contribution is 9.10. The predicted octanol–water partition coefficient (Wildman–Crippen LogP) is 4.36. The van der Waals surface area contributed by atoms with Gasteiger partial charge in [0, 0.05) is 35.8 Å². The van der Waals surface area contributed by atoms with Crippen molar-refractivity contribution < 1.29 is 9.21 Å². The Kier molecular flexibility index (Phi) is 4.98. The number of carbonyl (C=O) groups is 1. The van der Waals surface area contributed by atoms with Crippen LogP contribution >= 0.6 is 40.5 Å². The van der Waals surface area contributed by atoms with E-state index >= 15 is 0 Å². The molecule has 4 nitrogen and oxygen atoms in total. The molecule has 23 heavy (non-hydrogen) atoms. The van der Waals surface area contributed by atoms with Crippen molar-refractivity contribution in [2.75, 3.05) is 29.9 Å². The largest absolute Gasteiger partial charge is 0.455 e. The molecule has 1 amide bonds. The quantitative estimate of drug-likeness (QED) is 0.735. The van der Waals surface area contributed by atoms with Crippen molar-refractivity contribution >= 4 is 68.6 Å². The van der Waals surface area contributed by atoms with Crippen molar-refractivity contribution in [1.29, 1.82) is 0 Å². The molecule has 1 aromatic carbocycles. The Morgan fingerprint density at radius 1 is 1.48 bits per heavy atom. The topological polar surface area (TPSA) is 45.5 Å². The molecule has 0 spiro atoms. The molecule has 0 fully saturated rings. The lowest BCUT2D eigenvalue weighted by Gasteiger charge is -2.12. The fourth-order valence-corrected chi connectivity index (χ4v) is 4.43. The van der Waals surface area contributed by atoms with Crippen LogP contribution in [0.25, 0.3) is 16.5 Å². The number of allylic oxidation sites excluding steroid dienone is 1. The van der Waals surface area contributed by atoms with Gasteiger partial charge in [0.05, 0.1) is 11.3 Å². The van der Waals surface area contributed by atoms with Gasteiger partial charge in [0.25, 0.3) is 5.91 Å². The summed E-state index contributed by atoms with van der Waals surface area (Å²) in [6.07, 6.45) is 3.06. The van der Waals surface area contributed by atoms with E-state index in [1.165, 1.54) is 0 Å². The molecule has 0 radical (unpaired) electrons. The summed E-state index contributed by atoms with van der Waals surface area (Å²) in [6.45, 7) is 0. The Hall–Kier alpha value is -1.05. The number of anilines is 1. The summed E-state index contributed by atoms with van der Waals surface area (Å²) in [7, 11) is 3.49. The summed E-state index contributed by atoms with van der Waals surface area (Å²) >= 11 is 9.78. The van der Waals surface area contributed by atoms with Crippen LogP contribution in [-0.2, 0) is 0 Å². The maximum absolute atomic E-state index is 12.4. The van der Waals surface area contributed by atoms with Crippen LogP contribution < -0.4 is 9.62 Å². The number of benzene rings is 1. The van der Waals surface area contributed by atoms with Gasteiger partial charge < -0.3 is 14.0 Å². The molecule has 0 atom stereocenters. The van der Waals surface area contributed by atoms with Crippen LogP contribution in [0.2, 0.25) is 0 Å². The highest BCUT2D eigenvalue weighted by atomic mass is 79.9. The number of halogens is 1. The summed E-state index contributed by atoms with van der Waals surface area (Å²) in [6, 6.07) is 3.83. The number of furan rings is 1. The van der Waals surface area contributed by atoms with Crippen molar-refractivity contribution in [2.24, 2.45) is 0 Å². The standard InChI is InChI=1S/C16H17BrN2O2S2/c1-18-16(20)14-10-7-11(17)12(19(2)22)8-13(10)21-15(14)9-3-5-23-6-4-9/h3,7-8,22H,4-6H2,1-2H3,(H,18,20). The second-order valence-electron chi connectivity index (χ2n) is 5.26. The highest BCUT2D eigenvalue weighted by Gasteiger charge is 2.24. The number of amides is 1. The number of fused-ring (bicyclic) bond motifs is 1. The summed E-state index contributed by atoms with van der Waals surface area (Å²) in [5, 5.41) is 3.53. The van der Waals surface area contributed by atoms with Gasteiger partial charge in [-0.25, -0.2) is 0 Å². The van der Waals surface area contributed by atoms with E-state index in [1.807, 2.05) is 30.9 Å². The molecule has 122 valence electrons. The van der Waals surface area contributed by atoms with E-state index in [-0.39, 0.29) is 5.91 Å². The summed E-state index contributed by atoms with van der Waals surface area (Å²) in [5.74, 6) is 2.56. The van der Waals surface area contributed by atoms with Crippen LogP contribution in [0.3, 0.4) is 0 Å². The van der Waals surface area contributed by atoms with Gasteiger partial charge in [-0.15, -0.1) is 0 Å². The maximum atomic E-state index is 12.4. The molecule has 1 aliphatic heterocycles. The third-order valence-electron chi connectivity index (χ3n) is 3.82. The Morgan fingerprint density at radius 3 is 2.87 bits per heavy atom. The van der Waals surface area contributed by atoms with Crippen molar-refractivity contribution in [2.45, 2.75) is 6.42 Å². The van der Waals surface area contributed by atoms with Gasteiger partial charge in [-0.3, -0.25) is 4.79 Å². The predicted molar refractivity (Wildman–Crippen MR) is 105 cm³/mol. The highest BCUT2D eigenvalue weighted by Crippen LogP contribution is 2.39. The molecule has 0 bridgehead atoms. The lowest BCUT2D eigenvalue weighted by molar-refractivity contribution is 0.0963. The van der Waals surface area contributed by atoms with Crippen molar-refractivity contribution in [3.05, 3.63) is 34.0 Å².